The monoisotopic (exact) mass is 1500 g/mol. The van der Waals surface area contributed by atoms with Crippen molar-refractivity contribution in [2.45, 2.75) is 13.8 Å². The molecule has 2 heterocycles. The van der Waals surface area contributed by atoms with Gasteiger partial charge >= 0.3 is 7.12 Å². The molecule has 4 nitrogen and oxygen atoms in total. The lowest BCUT2D eigenvalue weighted by Crippen LogP contribution is -2.31. The van der Waals surface area contributed by atoms with E-state index in [2.05, 4.69) is 362 Å². The molecule has 0 saturated carbocycles. The summed E-state index contributed by atoms with van der Waals surface area (Å²) in [6.45, 7) is 4.00. The molecule has 22 rings (SSSR count). The van der Waals surface area contributed by atoms with Crippen molar-refractivity contribution in [1.29, 1.82) is 0 Å². The predicted molar refractivity (Wildman–Crippen MR) is 481 cm³/mol. The van der Waals surface area contributed by atoms with Crippen LogP contribution in [0.5, 0.6) is 0 Å². The molecule has 0 bridgehead atoms. The summed E-state index contributed by atoms with van der Waals surface area (Å²) in [5.74, 6) is 0. The smallest absolute Gasteiger partial charge is 0.456 e. The molecule has 0 spiro atoms. The summed E-state index contributed by atoms with van der Waals surface area (Å²) >= 11 is 3.55. The van der Waals surface area contributed by atoms with Crippen LogP contribution in [0.15, 0.2) is 402 Å². The van der Waals surface area contributed by atoms with E-state index in [1.807, 2.05) is 56.3 Å². The van der Waals surface area contributed by atoms with Gasteiger partial charge in [-0.25, -0.2) is 0 Å². The number of benzene rings is 20. The third-order valence-corrected chi connectivity index (χ3v) is 22.4. The number of furan rings is 2. The van der Waals surface area contributed by atoms with E-state index < -0.39 is 7.12 Å². The highest BCUT2D eigenvalue weighted by atomic mass is 79.9. The average Bonchev–Trinajstić information content (AvgIpc) is 1.01. The molecule has 0 aliphatic heterocycles. The Morgan fingerprint density at radius 1 is 0.196 bits per heavy atom. The second-order valence-corrected chi connectivity index (χ2v) is 29.4. The van der Waals surface area contributed by atoms with E-state index in [-0.39, 0.29) is 0 Å². The van der Waals surface area contributed by atoms with Crippen LogP contribution in [-0.4, -0.2) is 17.2 Å². The van der Waals surface area contributed by atoms with Gasteiger partial charge in [0, 0.05) is 26.0 Å². The van der Waals surface area contributed by atoms with Gasteiger partial charge in [-0.15, -0.1) is 0 Å². The summed E-state index contributed by atoms with van der Waals surface area (Å²) in [6.07, 6.45) is 0. The largest absolute Gasteiger partial charge is 0.489 e. The number of halogens is 1. The Labute approximate surface area is 657 Å². The molecule has 0 aliphatic rings. The molecule has 22 aromatic rings. The van der Waals surface area contributed by atoms with Gasteiger partial charge in [-0.1, -0.05) is 327 Å². The molecule has 2 aromatic heterocycles. The van der Waals surface area contributed by atoms with Gasteiger partial charge in [-0.3, -0.25) is 0 Å². The van der Waals surface area contributed by atoms with Gasteiger partial charge in [0.2, 0.25) is 0 Å². The lowest BCUT2D eigenvalue weighted by Gasteiger charge is -2.18. The first-order chi connectivity index (χ1) is 55.2. The summed E-state index contributed by atoms with van der Waals surface area (Å²) in [6, 6.07) is 138. The van der Waals surface area contributed by atoms with Gasteiger partial charge < -0.3 is 18.9 Å². The van der Waals surface area contributed by atoms with Crippen LogP contribution in [0.2, 0.25) is 0 Å². The topological polar surface area (TPSA) is 66.7 Å². The predicted octanol–water partition coefficient (Wildman–Crippen LogP) is 29.2. The molecule has 112 heavy (non-hydrogen) atoms. The Hall–Kier alpha value is -13.5. The van der Waals surface area contributed by atoms with Crippen molar-refractivity contribution in [3.63, 3.8) is 0 Å². The Kier molecular flexibility index (Phi) is 18.2. The molecule has 0 amide bonds. The van der Waals surface area contributed by atoms with Crippen molar-refractivity contribution < 1.29 is 18.9 Å². The van der Waals surface area contributed by atoms with E-state index in [1.54, 1.807) is 0 Å². The first kappa shape index (κ1) is 69.0. The zero-order chi connectivity index (χ0) is 75.3. The third kappa shape index (κ3) is 12.8. The highest BCUT2D eigenvalue weighted by molar-refractivity contribution is 9.10. The van der Waals surface area contributed by atoms with Crippen molar-refractivity contribution in [2.24, 2.45) is 0 Å². The van der Waals surface area contributed by atoms with Crippen LogP contribution in [0, 0.1) is 0 Å². The molecule has 0 saturated heterocycles. The van der Waals surface area contributed by atoms with Crippen LogP contribution in [0.4, 0.5) is 0 Å². The summed E-state index contributed by atoms with van der Waals surface area (Å²) in [5, 5.41) is 43.6. The highest BCUT2D eigenvalue weighted by Crippen LogP contribution is 2.47. The molecule has 0 radical (unpaired) electrons. The summed E-state index contributed by atoms with van der Waals surface area (Å²) < 4.78 is 13.5. The Morgan fingerprint density at radius 2 is 0.455 bits per heavy atom. The van der Waals surface area contributed by atoms with Crippen molar-refractivity contribution in [1.82, 2.24) is 0 Å². The minimum atomic E-state index is -1.54. The van der Waals surface area contributed by atoms with Crippen molar-refractivity contribution >= 4 is 159 Å². The van der Waals surface area contributed by atoms with Gasteiger partial charge in [0.1, 0.15) is 22.3 Å². The van der Waals surface area contributed by atoms with E-state index in [9.17, 15) is 10.0 Å². The molecular formula is C106H72BBrO4. The maximum Gasteiger partial charge on any atom is 0.489 e. The van der Waals surface area contributed by atoms with Crippen LogP contribution in [0.3, 0.4) is 0 Å². The van der Waals surface area contributed by atoms with Crippen LogP contribution in [-0.2, 0) is 0 Å². The SMILES string of the molecule is Brc1cccc(-c2ccc3oc4cc5ccccc5cc4c3c2)c1.CC.OB(O)c1c2ccccc2c(-c2cccc(-c3ccc4ccccc4c3)c2)c2ccccc12.c1cc(-c2ccc3ccccc3c2)cc(-c2c3ccccc3c(-c3cccc(-c4ccc5oc6cc7ccccc7cc6c5c4)c3)c3ccccc23)c1. The van der Waals surface area contributed by atoms with E-state index >= 15 is 0 Å². The second kappa shape index (κ2) is 29.5. The Bertz CT molecular complexity index is 7320. The second-order valence-electron chi connectivity index (χ2n) is 28.5. The number of hydrogen-bond donors (Lipinski definition) is 2. The summed E-state index contributed by atoms with van der Waals surface area (Å²) in [7, 11) is -1.54. The number of fused-ring (bicyclic) bond motifs is 14. The summed E-state index contributed by atoms with van der Waals surface area (Å²) in [4.78, 5) is 0. The van der Waals surface area contributed by atoms with Gasteiger partial charge in [0.25, 0.3) is 0 Å². The Balaban J connectivity index is 0.000000122. The van der Waals surface area contributed by atoms with Crippen molar-refractivity contribution in [3.8, 4) is 77.9 Å². The molecule has 0 aliphatic carbocycles. The van der Waals surface area contributed by atoms with Crippen molar-refractivity contribution in [3.05, 3.63) is 393 Å². The van der Waals surface area contributed by atoms with Gasteiger partial charge in [-0.2, -0.15) is 0 Å². The van der Waals surface area contributed by atoms with Crippen LogP contribution < -0.4 is 5.46 Å². The quantitative estimate of drug-likeness (QED) is 0.118. The van der Waals surface area contributed by atoms with Gasteiger partial charge in [0.15, 0.2) is 0 Å². The first-order valence-electron chi connectivity index (χ1n) is 38.2. The molecule has 0 fully saturated rings. The summed E-state index contributed by atoms with van der Waals surface area (Å²) in [5.41, 5.74) is 20.9. The lowest BCUT2D eigenvalue weighted by atomic mass is 9.72. The van der Waals surface area contributed by atoms with Gasteiger partial charge in [-0.05, 0) is 261 Å². The van der Waals surface area contributed by atoms with Crippen LogP contribution >= 0.6 is 15.9 Å². The van der Waals surface area contributed by atoms with Gasteiger partial charge in [0.05, 0.1) is 0 Å². The molecule has 2 N–H and O–H groups in total. The molecule has 20 aromatic carbocycles. The highest BCUT2D eigenvalue weighted by Gasteiger charge is 2.24. The normalized spacial score (nSPS) is 11.4. The van der Waals surface area contributed by atoms with Crippen LogP contribution in [0.1, 0.15) is 13.8 Å². The zero-order valence-corrected chi connectivity index (χ0v) is 63.2. The van der Waals surface area contributed by atoms with Crippen molar-refractivity contribution in [2.75, 3.05) is 0 Å². The zero-order valence-electron chi connectivity index (χ0n) is 61.6. The maximum atomic E-state index is 10.2. The minimum absolute atomic E-state index is 0.552. The lowest BCUT2D eigenvalue weighted by molar-refractivity contribution is 0.426. The standard InChI is InChI=1S/C52H32O.C30H21BO2.C22H13BrO.C2H6/c1-2-12-34-27-39(24-23-33(34)11-1)35-15-9-17-41(28-35)51-43-19-5-7-21-45(43)52(46-22-8-6-20-44(46)51)42-18-10-16-36(29-42)40-25-26-49-47(31-40)48-30-37-13-3-4-14-38(37)32-50(48)53-49;32-31(33)30-27-14-5-3-12-25(27)29(26-13-4-6-15-28(26)30)24-11-7-10-22(19-24)23-17-16-20-8-1-2-9-21(20)18-23;23-18-7-3-6-14(10-18)17-8-9-21-19(12-17)20-11-15-4-1-2-5-16(15)13-22(20)24-21;1-2/h1-32H;1-19,32-33H;1-13H;1-2H3. The van der Waals surface area contributed by atoms with E-state index in [1.165, 1.54) is 131 Å². The van der Waals surface area contributed by atoms with E-state index in [4.69, 9.17) is 8.83 Å². The fourth-order valence-corrected chi connectivity index (χ4v) is 17.2. The molecular weight excluding hydrogens is 1430 g/mol. The Morgan fingerprint density at radius 3 is 0.812 bits per heavy atom. The molecule has 0 unspecified atom stereocenters. The fourth-order valence-electron chi connectivity index (χ4n) is 16.8. The first-order valence-corrected chi connectivity index (χ1v) is 39.0. The fraction of sp³-hybridized carbons (Fsp3) is 0.0189. The maximum absolute atomic E-state index is 10.2. The minimum Gasteiger partial charge on any atom is -0.456 e. The van der Waals surface area contributed by atoms with Crippen LogP contribution in [0.25, 0.3) is 208 Å². The number of hydrogen-bond acceptors (Lipinski definition) is 4. The molecule has 530 valence electrons. The molecule has 6 heteroatoms. The van der Waals surface area contributed by atoms with E-state index in [0.717, 1.165) is 81.2 Å². The molecule has 0 atom stereocenters. The number of rotatable bonds is 8. The third-order valence-electron chi connectivity index (χ3n) is 21.9. The van der Waals surface area contributed by atoms with E-state index in [0.29, 0.717) is 5.46 Å². The average molecular weight is 1500 g/mol.